The van der Waals surface area contributed by atoms with Gasteiger partial charge in [-0.15, -0.1) is 0 Å². The molecule has 7 heteroatoms. The smallest absolute Gasteiger partial charge is 0.348 e. The quantitative estimate of drug-likeness (QED) is 0.708. The lowest BCUT2D eigenvalue weighted by atomic mass is 10.1. The van der Waals surface area contributed by atoms with Gasteiger partial charge in [-0.1, -0.05) is 42.0 Å². The number of benzene rings is 2. The SMILES string of the molecule is Cc1cccc(CNC(=O)c2cnc(-c3ccc(C(F)(F)F)cc3)nc2C)c1. The maximum Gasteiger partial charge on any atom is 0.416 e. The monoisotopic (exact) mass is 385 g/mol. The van der Waals surface area contributed by atoms with Crippen LogP contribution in [0.25, 0.3) is 11.4 Å². The van der Waals surface area contributed by atoms with Crippen LogP contribution in [0.15, 0.2) is 54.7 Å². The van der Waals surface area contributed by atoms with Crippen LogP contribution in [0.4, 0.5) is 13.2 Å². The molecule has 0 radical (unpaired) electrons. The zero-order valence-electron chi connectivity index (χ0n) is 15.3. The molecular weight excluding hydrogens is 367 g/mol. The van der Waals surface area contributed by atoms with Gasteiger partial charge in [-0.05, 0) is 31.5 Å². The molecule has 3 rings (SSSR count). The van der Waals surface area contributed by atoms with E-state index in [-0.39, 0.29) is 11.7 Å². The number of aryl methyl sites for hydroxylation is 2. The van der Waals surface area contributed by atoms with Crippen LogP contribution in [-0.4, -0.2) is 15.9 Å². The normalized spacial score (nSPS) is 11.3. The van der Waals surface area contributed by atoms with Gasteiger partial charge in [0.25, 0.3) is 5.91 Å². The molecule has 0 spiro atoms. The molecule has 1 aromatic heterocycles. The number of hydrogen-bond donors (Lipinski definition) is 1. The highest BCUT2D eigenvalue weighted by Gasteiger charge is 2.30. The summed E-state index contributed by atoms with van der Waals surface area (Å²) in [5, 5.41) is 2.82. The molecule has 0 saturated carbocycles. The Morgan fingerprint density at radius 3 is 2.39 bits per heavy atom. The number of nitrogens with one attached hydrogen (secondary N) is 1. The van der Waals surface area contributed by atoms with Crippen molar-refractivity contribution < 1.29 is 18.0 Å². The average Bonchev–Trinajstić information content (AvgIpc) is 2.65. The summed E-state index contributed by atoms with van der Waals surface area (Å²) in [6.45, 7) is 4.01. The molecule has 0 unspecified atom stereocenters. The average molecular weight is 385 g/mol. The fourth-order valence-electron chi connectivity index (χ4n) is 2.74. The van der Waals surface area contributed by atoms with Crippen LogP contribution < -0.4 is 5.32 Å². The maximum absolute atomic E-state index is 12.7. The predicted octanol–water partition coefficient (Wildman–Crippen LogP) is 4.71. The van der Waals surface area contributed by atoms with Gasteiger partial charge in [0.05, 0.1) is 16.8 Å². The fourth-order valence-corrected chi connectivity index (χ4v) is 2.74. The molecular formula is C21H18F3N3O. The summed E-state index contributed by atoms with van der Waals surface area (Å²) in [5.41, 5.74) is 2.57. The first-order chi connectivity index (χ1) is 13.2. The molecule has 0 bridgehead atoms. The van der Waals surface area contributed by atoms with E-state index < -0.39 is 11.7 Å². The molecule has 144 valence electrons. The van der Waals surface area contributed by atoms with Crippen LogP contribution in [0.5, 0.6) is 0 Å². The summed E-state index contributed by atoms with van der Waals surface area (Å²) in [7, 11) is 0. The van der Waals surface area contributed by atoms with Gasteiger partial charge in [-0.25, -0.2) is 9.97 Å². The number of carbonyl (C=O) groups excluding carboxylic acids is 1. The summed E-state index contributed by atoms with van der Waals surface area (Å²) in [5.74, 6) is -0.0422. The number of nitrogens with zero attached hydrogens (tertiary/aromatic N) is 2. The van der Waals surface area contributed by atoms with Gasteiger partial charge in [0.15, 0.2) is 5.82 Å². The molecule has 1 N–H and O–H groups in total. The summed E-state index contributed by atoms with van der Waals surface area (Å²) >= 11 is 0. The van der Waals surface area contributed by atoms with E-state index in [0.717, 1.165) is 23.3 Å². The topological polar surface area (TPSA) is 54.9 Å². The van der Waals surface area contributed by atoms with Crippen molar-refractivity contribution in [3.05, 3.63) is 82.7 Å². The predicted molar refractivity (Wildman–Crippen MR) is 99.6 cm³/mol. The lowest BCUT2D eigenvalue weighted by Gasteiger charge is -2.10. The van der Waals surface area contributed by atoms with Crippen molar-refractivity contribution in [2.45, 2.75) is 26.6 Å². The van der Waals surface area contributed by atoms with Crippen molar-refractivity contribution in [2.75, 3.05) is 0 Å². The first-order valence-corrected chi connectivity index (χ1v) is 8.59. The number of aromatic nitrogens is 2. The third-order valence-electron chi connectivity index (χ3n) is 4.23. The number of amides is 1. The molecule has 28 heavy (non-hydrogen) atoms. The molecule has 0 fully saturated rings. The minimum atomic E-state index is -4.39. The van der Waals surface area contributed by atoms with Crippen LogP contribution in [0.1, 0.15) is 32.7 Å². The molecule has 0 aliphatic carbocycles. The van der Waals surface area contributed by atoms with Crippen molar-refractivity contribution in [1.82, 2.24) is 15.3 Å². The van der Waals surface area contributed by atoms with Crippen LogP contribution in [0.3, 0.4) is 0 Å². The Bertz CT molecular complexity index is 999. The van der Waals surface area contributed by atoms with E-state index in [0.29, 0.717) is 23.4 Å². The van der Waals surface area contributed by atoms with Gasteiger partial charge in [0, 0.05) is 18.3 Å². The molecule has 4 nitrogen and oxygen atoms in total. The molecule has 1 amide bonds. The van der Waals surface area contributed by atoms with Gasteiger partial charge in [0.2, 0.25) is 0 Å². The van der Waals surface area contributed by atoms with Crippen molar-refractivity contribution in [1.29, 1.82) is 0 Å². The fraction of sp³-hybridized carbons (Fsp3) is 0.190. The van der Waals surface area contributed by atoms with E-state index in [1.54, 1.807) is 6.92 Å². The van der Waals surface area contributed by atoms with Gasteiger partial charge in [0.1, 0.15) is 0 Å². The third-order valence-corrected chi connectivity index (χ3v) is 4.23. The Labute approximate surface area is 160 Å². The van der Waals surface area contributed by atoms with E-state index in [1.807, 2.05) is 31.2 Å². The van der Waals surface area contributed by atoms with Crippen molar-refractivity contribution in [3.8, 4) is 11.4 Å². The van der Waals surface area contributed by atoms with Crippen LogP contribution in [-0.2, 0) is 12.7 Å². The first kappa shape index (κ1) is 19.5. The van der Waals surface area contributed by atoms with E-state index in [4.69, 9.17) is 0 Å². The van der Waals surface area contributed by atoms with E-state index >= 15 is 0 Å². The van der Waals surface area contributed by atoms with Crippen molar-refractivity contribution in [2.24, 2.45) is 0 Å². The van der Waals surface area contributed by atoms with Crippen molar-refractivity contribution >= 4 is 5.91 Å². The maximum atomic E-state index is 12.7. The summed E-state index contributed by atoms with van der Waals surface area (Å²) in [6, 6.07) is 12.4. The van der Waals surface area contributed by atoms with E-state index in [9.17, 15) is 18.0 Å². The van der Waals surface area contributed by atoms with E-state index in [1.165, 1.54) is 18.3 Å². The van der Waals surface area contributed by atoms with Gasteiger partial charge >= 0.3 is 6.18 Å². The minimum Gasteiger partial charge on any atom is -0.348 e. The Balaban J connectivity index is 1.73. The minimum absolute atomic E-state index is 0.265. The molecule has 0 aliphatic heterocycles. The standard InChI is InChI=1S/C21H18F3N3O/c1-13-4-3-5-15(10-13)11-26-20(28)18-12-25-19(27-14(18)2)16-6-8-17(9-7-16)21(22,23)24/h3-10,12H,11H2,1-2H3,(H,26,28). The van der Waals surface area contributed by atoms with Crippen LogP contribution >= 0.6 is 0 Å². The molecule has 1 heterocycles. The number of halogens is 3. The Kier molecular flexibility index (Phi) is 5.44. The van der Waals surface area contributed by atoms with Crippen LogP contribution in [0, 0.1) is 13.8 Å². The largest absolute Gasteiger partial charge is 0.416 e. The zero-order valence-corrected chi connectivity index (χ0v) is 15.3. The highest BCUT2D eigenvalue weighted by Crippen LogP contribution is 2.30. The third kappa shape index (κ3) is 4.54. The molecule has 0 atom stereocenters. The summed E-state index contributed by atoms with van der Waals surface area (Å²) < 4.78 is 38.0. The highest BCUT2D eigenvalue weighted by molar-refractivity contribution is 5.95. The summed E-state index contributed by atoms with van der Waals surface area (Å²) in [6.07, 6.45) is -3.00. The number of carbonyl (C=O) groups is 1. The second-order valence-corrected chi connectivity index (χ2v) is 6.44. The second kappa shape index (κ2) is 7.80. The van der Waals surface area contributed by atoms with Crippen molar-refractivity contribution in [3.63, 3.8) is 0 Å². The molecule has 2 aromatic carbocycles. The highest BCUT2D eigenvalue weighted by atomic mass is 19.4. The number of alkyl halides is 3. The number of hydrogen-bond acceptors (Lipinski definition) is 3. The molecule has 0 saturated heterocycles. The lowest BCUT2D eigenvalue weighted by molar-refractivity contribution is -0.137. The molecule has 3 aromatic rings. The van der Waals surface area contributed by atoms with Gasteiger partial charge in [-0.3, -0.25) is 4.79 Å². The van der Waals surface area contributed by atoms with Crippen LogP contribution in [0.2, 0.25) is 0 Å². The number of rotatable bonds is 4. The Morgan fingerprint density at radius 2 is 1.79 bits per heavy atom. The van der Waals surface area contributed by atoms with Gasteiger partial charge < -0.3 is 5.32 Å². The van der Waals surface area contributed by atoms with Gasteiger partial charge in [-0.2, -0.15) is 13.2 Å². The first-order valence-electron chi connectivity index (χ1n) is 8.59. The lowest BCUT2D eigenvalue weighted by Crippen LogP contribution is -2.24. The zero-order chi connectivity index (χ0) is 20.3. The molecule has 0 aliphatic rings. The second-order valence-electron chi connectivity index (χ2n) is 6.44. The Hall–Kier alpha value is -3.22. The summed E-state index contributed by atoms with van der Waals surface area (Å²) in [4.78, 5) is 20.8. The van der Waals surface area contributed by atoms with E-state index in [2.05, 4.69) is 15.3 Å². The Morgan fingerprint density at radius 1 is 1.07 bits per heavy atom.